The van der Waals surface area contributed by atoms with Gasteiger partial charge in [-0.2, -0.15) is 0 Å². The van der Waals surface area contributed by atoms with Gasteiger partial charge in [0.1, 0.15) is 5.01 Å². The van der Waals surface area contributed by atoms with Gasteiger partial charge in [-0.3, -0.25) is 10.1 Å². The Kier molecular flexibility index (Phi) is 5.11. The van der Waals surface area contributed by atoms with Crippen LogP contribution in [0.5, 0.6) is 0 Å². The largest absolute Gasteiger partial charge is 0.296 e. The van der Waals surface area contributed by atoms with Crippen molar-refractivity contribution in [3.63, 3.8) is 0 Å². The Balaban J connectivity index is 1.80. The lowest BCUT2D eigenvalue weighted by Crippen LogP contribution is -2.12. The van der Waals surface area contributed by atoms with Crippen LogP contribution in [-0.4, -0.2) is 16.1 Å². The minimum atomic E-state index is -0.324. The number of carbonyl (C=O) groups excluding carboxylic acids is 1. The fourth-order valence-electron chi connectivity index (χ4n) is 1.82. The second-order valence-electron chi connectivity index (χ2n) is 4.50. The van der Waals surface area contributed by atoms with E-state index < -0.39 is 0 Å². The van der Waals surface area contributed by atoms with E-state index in [4.69, 9.17) is 11.6 Å². The van der Waals surface area contributed by atoms with Crippen LogP contribution in [0.1, 0.15) is 10.4 Å². The van der Waals surface area contributed by atoms with E-state index in [2.05, 4.69) is 47.4 Å². The Bertz CT molecular complexity index is 867. The average molecular weight is 474 g/mol. The van der Waals surface area contributed by atoms with E-state index >= 15 is 0 Å². The third-order valence-electron chi connectivity index (χ3n) is 2.91. The minimum Gasteiger partial charge on any atom is -0.296 e. The second kappa shape index (κ2) is 7.09. The Morgan fingerprint density at radius 1 is 1.04 bits per heavy atom. The van der Waals surface area contributed by atoms with Gasteiger partial charge in [-0.05, 0) is 30.3 Å². The molecule has 0 atom stereocenters. The van der Waals surface area contributed by atoms with Gasteiger partial charge in [0.05, 0.1) is 10.6 Å². The smallest absolute Gasteiger partial charge is 0.259 e. The zero-order chi connectivity index (χ0) is 16.4. The SMILES string of the molecule is O=C(Nc1nnc(-c2ccc(Br)cc2)s1)c1cc(Br)ccc1Cl. The molecule has 4 nitrogen and oxygen atoms in total. The highest BCUT2D eigenvalue weighted by Gasteiger charge is 2.14. The Morgan fingerprint density at radius 3 is 2.48 bits per heavy atom. The van der Waals surface area contributed by atoms with E-state index in [1.807, 2.05) is 24.3 Å². The van der Waals surface area contributed by atoms with E-state index in [-0.39, 0.29) is 5.91 Å². The van der Waals surface area contributed by atoms with Gasteiger partial charge in [0.2, 0.25) is 5.13 Å². The molecule has 0 spiro atoms. The van der Waals surface area contributed by atoms with Crippen LogP contribution >= 0.6 is 54.8 Å². The predicted molar refractivity (Wildman–Crippen MR) is 100 cm³/mol. The van der Waals surface area contributed by atoms with Crippen LogP contribution < -0.4 is 5.32 Å². The summed E-state index contributed by atoms with van der Waals surface area (Å²) in [6, 6.07) is 12.8. The van der Waals surface area contributed by atoms with Crippen LogP contribution in [0.25, 0.3) is 10.6 Å². The van der Waals surface area contributed by atoms with Crippen molar-refractivity contribution in [2.45, 2.75) is 0 Å². The molecule has 1 N–H and O–H groups in total. The second-order valence-corrected chi connectivity index (χ2v) is 7.71. The summed E-state index contributed by atoms with van der Waals surface area (Å²) in [5, 5.41) is 12.3. The molecule has 0 radical (unpaired) electrons. The first-order valence-corrected chi connectivity index (χ1v) is 9.17. The molecule has 0 aliphatic rings. The summed E-state index contributed by atoms with van der Waals surface area (Å²) in [6.45, 7) is 0. The minimum absolute atomic E-state index is 0.324. The van der Waals surface area contributed by atoms with Gasteiger partial charge in [-0.15, -0.1) is 10.2 Å². The van der Waals surface area contributed by atoms with Crippen LogP contribution in [0.4, 0.5) is 5.13 Å². The Morgan fingerprint density at radius 2 is 1.74 bits per heavy atom. The van der Waals surface area contributed by atoms with Gasteiger partial charge in [-0.1, -0.05) is 66.9 Å². The lowest BCUT2D eigenvalue weighted by atomic mass is 10.2. The zero-order valence-electron chi connectivity index (χ0n) is 11.4. The maximum atomic E-state index is 12.3. The van der Waals surface area contributed by atoms with E-state index in [1.165, 1.54) is 11.3 Å². The fraction of sp³-hybridized carbons (Fsp3) is 0. The van der Waals surface area contributed by atoms with Gasteiger partial charge < -0.3 is 0 Å². The molecule has 0 saturated carbocycles. The molecule has 1 heterocycles. The molecule has 3 rings (SSSR count). The molecule has 1 amide bonds. The van der Waals surface area contributed by atoms with Crippen LogP contribution in [0.15, 0.2) is 51.4 Å². The molecule has 0 fully saturated rings. The number of halogens is 3. The lowest BCUT2D eigenvalue weighted by molar-refractivity contribution is 0.102. The molecule has 116 valence electrons. The summed E-state index contributed by atoms with van der Waals surface area (Å²) in [5.41, 5.74) is 1.31. The molecule has 0 aliphatic carbocycles. The average Bonchev–Trinajstić information content (AvgIpc) is 2.99. The monoisotopic (exact) mass is 471 g/mol. The first-order valence-electron chi connectivity index (χ1n) is 6.39. The standard InChI is InChI=1S/C15H8Br2ClN3OS/c16-9-3-1-8(2-4-9)14-20-21-15(23-14)19-13(22)11-7-10(17)5-6-12(11)18/h1-7H,(H,19,21,22). The third kappa shape index (κ3) is 3.98. The topological polar surface area (TPSA) is 54.9 Å². The fourth-order valence-corrected chi connectivity index (χ4v) is 3.39. The molecule has 3 aromatic rings. The van der Waals surface area contributed by atoms with Crippen LogP contribution in [0, 0.1) is 0 Å². The van der Waals surface area contributed by atoms with Gasteiger partial charge >= 0.3 is 0 Å². The number of carbonyl (C=O) groups is 1. The number of hydrogen-bond donors (Lipinski definition) is 1. The maximum Gasteiger partial charge on any atom is 0.259 e. The zero-order valence-corrected chi connectivity index (χ0v) is 16.1. The molecule has 2 aromatic carbocycles. The predicted octanol–water partition coefficient (Wildman–Crippen LogP) is 5.64. The molecule has 0 aliphatic heterocycles. The molecule has 0 saturated heterocycles. The summed E-state index contributed by atoms with van der Waals surface area (Å²) in [4.78, 5) is 12.3. The van der Waals surface area contributed by atoms with E-state index in [0.717, 1.165) is 19.5 Å². The van der Waals surface area contributed by atoms with Crippen molar-refractivity contribution in [2.75, 3.05) is 5.32 Å². The highest BCUT2D eigenvalue weighted by molar-refractivity contribution is 9.10. The van der Waals surface area contributed by atoms with Crippen molar-refractivity contribution >= 4 is 65.8 Å². The number of nitrogens with zero attached hydrogens (tertiary/aromatic N) is 2. The normalized spacial score (nSPS) is 10.6. The number of nitrogens with one attached hydrogen (secondary N) is 1. The Labute approximate surface area is 158 Å². The molecule has 0 bridgehead atoms. The summed E-state index contributed by atoms with van der Waals surface area (Å²) in [6.07, 6.45) is 0. The van der Waals surface area contributed by atoms with Crippen molar-refractivity contribution in [3.8, 4) is 10.6 Å². The summed E-state index contributed by atoms with van der Waals surface area (Å²) >= 11 is 14.1. The maximum absolute atomic E-state index is 12.3. The quantitative estimate of drug-likeness (QED) is 0.536. The summed E-state index contributed by atoms with van der Waals surface area (Å²) < 4.78 is 1.77. The van der Waals surface area contributed by atoms with Crippen LogP contribution in [0.3, 0.4) is 0 Å². The van der Waals surface area contributed by atoms with E-state index in [9.17, 15) is 4.79 Å². The van der Waals surface area contributed by atoms with Crippen molar-refractivity contribution in [1.29, 1.82) is 0 Å². The van der Waals surface area contributed by atoms with Gasteiger partial charge in [-0.25, -0.2) is 0 Å². The molecular formula is C15H8Br2ClN3OS. The molecule has 8 heteroatoms. The number of hydrogen-bond acceptors (Lipinski definition) is 4. The number of aromatic nitrogens is 2. The number of amides is 1. The van der Waals surface area contributed by atoms with Gasteiger partial charge in [0.25, 0.3) is 5.91 Å². The lowest BCUT2D eigenvalue weighted by Gasteiger charge is -2.04. The van der Waals surface area contributed by atoms with Gasteiger partial charge in [0, 0.05) is 14.5 Å². The van der Waals surface area contributed by atoms with Crippen molar-refractivity contribution in [1.82, 2.24) is 10.2 Å². The first kappa shape index (κ1) is 16.6. The molecule has 23 heavy (non-hydrogen) atoms. The molecule has 0 unspecified atom stereocenters. The number of benzene rings is 2. The molecule has 1 aromatic heterocycles. The third-order valence-corrected chi connectivity index (χ3v) is 5.15. The summed E-state index contributed by atoms with van der Waals surface area (Å²) in [7, 11) is 0. The van der Waals surface area contributed by atoms with Crippen molar-refractivity contribution in [2.24, 2.45) is 0 Å². The molecular weight excluding hydrogens is 466 g/mol. The Hall–Kier alpha value is -1.28. The first-order chi connectivity index (χ1) is 11.0. The van der Waals surface area contributed by atoms with E-state index in [0.29, 0.717) is 15.7 Å². The highest BCUT2D eigenvalue weighted by Crippen LogP contribution is 2.28. The van der Waals surface area contributed by atoms with Gasteiger partial charge in [0.15, 0.2) is 0 Å². The van der Waals surface area contributed by atoms with Crippen molar-refractivity contribution in [3.05, 3.63) is 62.0 Å². The number of anilines is 1. The highest BCUT2D eigenvalue weighted by atomic mass is 79.9. The van der Waals surface area contributed by atoms with E-state index in [1.54, 1.807) is 18.2 Å². The summed E-state index contributed by atoms with van der Waals surface area (Å²) in [5.74, 6) is -0.324. The van der Waals surface area contributed by atoms with Crippen molar-refractivity contribution < 1.29 is 4.79 Å². The number of rotatable bonds is 3. The van der Waals surface area contributed by atoms with Crippen LogP contribution in [0.2, 0.25) is 5.02 Å². The van der Waals surface area contributed by atoms with Crippen LogP contribution in [-0.2, 0) is 0 Å².